The molecule has 0 amide bonds. The third-order valence-electron chi connectivity index (χ3n) is 2.96. The predicted molar refractivity (Wildman–Crippen MR) is 84.9 cm³/mol. The van der Waals surface area contributed by atoms with Crippen molar-refractivity contribution < 1.29 is 12.9 Å². The number of nitrogens with one attached hydrogen (secondary N) is 1. The van der Waals surface area contributed by atoms with Gasteiger partial charge in [0.15, 0.2) is 0 Å². The lowest BCUT2D eigenvalue weighted by molar-refractivity contribution is 0.405. The molecule has 0 spiro atoms. The molecule has 0 radical (unpaired) electrons. The molecule has 0 unspecified atom stereocenters. The van der Waals surface area contributed by atoms with Gasteiger partial charge in [-0.05, 0) is 34.5 Å². The minimum atomic E-state index is -3.73. The van der Waals surface area contributed by atoms with Gasteiger partial charge in [0, 0.05) is 16.0 Å². The van der Waals surface area contributed by atoms with Crippen LogP contribution in [0.25, 0.3) is 0 Å². The highest BCUT2D eigenvalue weighted by molar-refractivity contribution is 9.10. The first-order chi connectivity index (χ1) is 9.61. The molecule has 1 aromatic heterocycles. The molecule has 1 N–H and O–H groups in total. The Morgan fingerprint density at radius 1 is 1.29 bits per heavy atom. The Bertz CT molecular complexity index is 761. The van der Waals surface area contributed by atoms with Crippen molar-refractivity contribution in [3.05, 3.63) is 40.0 Å². The fraction of sp³-hybridized carbons (Fsp3) is 0.357. The van der Waals surface area contributed by atoms with E-state index in [2.05, 4.69) is 25.8 Å². The first-order valence-corrected chi connectivity index (χ1v) is 8.64. The summed E-state index contributed by atoms with van der Waals surface area (Å²) < 4.78 is 32.8. The number of benzene rings is 1. The number of anilines is 1. The fourth-order valence-corrected chi connectivity index (χ4v) is 3.72. The molecule has 0 atom stereocenters. The second kappa shape index (κ2) is 5.46. The minimum absolute atomic E-state index is 0.105. The van der Waals surface area contributed by atoms with Crippen molar-refractivity contribution in [3.8, 4) is 0 Å². The number of nitrogens with zero attached hydrogens (tertiary/aromatic N) is 1. The zero-order valence-electron chi connectivity index (χ0n) is 12.3. The van der Waals surface area contributed by atoms with Crippen LogP contribution in [0.1, 0.15) is 32.0 Å². The zero-order valence-corrected chi connectivity index (χ0v) is 14.7. The van der Waals surface area contributed by atoms with Gasteiger partial charge >= 0.3 is 0 Å². The topological polar surface area (TPSA) is 72.2 Å². The van der Waals surface area contributed by atoms with Gasteiger partial charge in [-0.3, -0.25) is 0 Å². The molecule has 21 heavy (non-hydrogen) atoms. The lowest BCUT2D eigenvalue weighted by Gasteiger charge is -2.12. The van der Waals surface area contributed by atoms with Crippen molar-refractivity contribution in [1.82, 2.24) is 5.16 Å². The summed E-state index contributed by atoms with van der Waals surface area (Å²) in [5.74, 6) is 0.105. The van der Waals surface area contributed by atoms with Crippen LogP contribution in [0.3, 0.4) is 0 Å². The third kappa shape index (κ3) is 3.47. The highest BCUT2D eigenvalue weighted by Crippen LogP contribution is 2.28. The molecular formula is C14H17BrN2O3S. The summed E-state index contributed by atoms with van der Waals surface area (Å²) in [6.07, 6.45) is 0. The maximum absolute atomic E-state index is 12.4. The lowest BCUT2D eigenvalue weighted by Crippen LogP contribution is -2.14. The van der Waals surface area contributed by atoms with Gasteiger partial charge in [-0.2, -0.15) is 0 Å². The summed E-state index contributed by atoms with van der Waals surface area (Å²) in [6.45, 7) is 7.75. The van der Waals surface area contributed by atoms with Gasteiger partial charge in [-0.25, -0.2) is 13.1 Å². The maximum Gasteiger partial charge on any atom is 0.265 e. The van der Waals surface area contributed by atoms with Crippen LogP contribution in [0.15, 0.2) is 38.2 Å². The summed E-state index contributed by atoms with van der Waals surface area (Å²) in [7, 11) is -3.73. The number of halogens is 1. The minimum Gasteiger partial charge on any atom is -0.338 e. The molecule has 0 saturated heterocycles. The van der Waals surface area contributed by atoms with E-state index in [4.69, 9.17) is 4.52 Å². The molecule has 5 nitrogen and oxygen atoms in total. The van der Waals surface area contributed by atoms with E-state index in [-0.39, 0.29) is 16.2 Å². The first-order valence-electron chi connectivity index (χ1n) is 6.36. The summed E-state index contributed by atoms with van der Waals surface area (Å²) in [4.78, 5) is 0.163. The maximum atomic E-state index is 12.4. The number of rotatable bonds is 3. The van der Waals surface area contributed by atoms with Gasteiger partial charge in [0.2, 0.25) is 5.88 Å². The molecule has 2 aromatic rings. The monoisotopic (exact) mass is 372 g/mol. The summed E-state index contributed by atoms with van der Waals surface area (Å²) in [5.41, 5.74) is 1.31. The Balaban J connectivity index is 2.34. The number of hydrogen-bond acceptors (Lipinski definition) is 4. The van der Waals surface area contributed by atoms with E-state index < -0.39 is 10.0 Å². The fourth-order valence-electron chi connectivity index (χ4n) is 1.69. The molecule has 7 heteroatoms. The van der Waals surface area contributed by atoms with E-state index in [1.807, 2.05) is 33.8 Å². The Labute approximate surface area is 132 Å². The standard InChI is InChI=1S/C14H17BrN2O3S/c1-9-6-5-7-10(13(9)15)21(18,19)17-12-8-11(16-20-12)14(2,3)4/h5-8,17H,1-4H3. The average molecular weight is 373 g/mol. The van der Waals surface area contributed by atoms with E-state index in [0.717, 1.165) is 5.56 Å². The Morgan fingerprint density at radius 2 is 1.95 bits per heavy atom. The molecule has 0 fully saturated rings. The zero-order chi connectivity index (χ0) is 15.8. The van der Waals surface area contributed by atoms with Crippen LogP contribution in [-0.2, 0) is 15.4 Å². The van der Waals surface area contributed by atoms with Crippen LogP contribution in [0, 0.1) is 6.92 Å². The summed E-state index contributed by atoms with van der Waals surface area (Å²) in [5, 5.41) is 3.89. The molecule has 0 aliphatic rings. The molecule has 1 heterocycles. The van der Waals surface area contributed by atoms with Crippen LogP contribution < -0.4 is 4.72 Å². The number of aryl methyl sites for hydroxylation is 1. The summed E-state index contributed by atoms with van der Waals surface area (Å²) in [6, 6.07) is 6.65. The first kappa shape index (κ1) is 16.0. The van der Waals surface area contributed by atoms with Crippen molar-refractivity contribution in [1.29, 1.82) is 0 Å². The van der Waals surface area contributed by atoms with Crippen LogP contribution in [0.5, 0.6) is 0 Å². The summed E-state index contributed by atoms with van der Waals surface area (Å²) >= 11 is 3.30. The van der Waals surface area contributed by atoms with E-state index in [1.54, 1.807) is 12.1 Å². The van der Waals surface area contributed by atoms with E-state index in [9.17, 15) is 8.42 Å². The van der Waals surface area contributed by atoms with Crippen molar-refractivity contribution in [2.75, 3.05) is 4.72 Å². The van der Waals surface area contributed by atoms with E-state index in [1.165, 1.54) is 6.07 Å². The molecule has 1 aromatic carbocycles. The van der Waals surface area contributed by atoms with Gasteiger partial charge in [-0.1, -0.05) is 38.1 Å². The van der Waals surface area contributed by atoms with Crippen LogP contribution in [0.2, 0.25) is 0 Å². The quantitative estimate of drug-likeness (QED) is 0.887. The lowest BCUT2D eigenvalue weighted by atomic mass is 9.92. The predicted octanol–water partition coefficient (Wildman–Crippen LogP) is 3.84. The smallest absolute Gasteiger partial charge is 0.265 e. The van der Waals surface area contributed by atoms with Gasteiger partial charge in [-0.15, -0.1) is 0 Å². The third-order valence-corrected chi connectivity index (χ3v) is 5.66. The molecule has 114 valence electrons. The molecule has 0 bridgehead atoms. The van der Waals surface area contributed by atoms with Crippen molar-refractivity contribution in [2.45, 2.75) is 38.0 Å². The van der Waals surface area contributed by atoms with Crippen LogP contribution >= 0.6 is 15.9 Å². The molecule has 0 saturated carbocycles. The highest BCUT2D eigenvalue weighted by atomic mass is 79.9. The average Bonchev–Trinajstić information content (AvgIpc) is 2.80. The number of hydrogen-bond donors (Lipinski definition) is 1. The molecule has 0 aliphatic carbocycles. The largest absolute Gasteiger partial charge is 0.338 e. The normalized spacial score (nSPS) is 12.4. The molecular weight excluding hydrogens is 356 g/mol. The van der Waals surface area contributed by atoms with Gasteiger partial charge < -0.3 is 4.52 Å². The SMILES string of the molecule is Cc1cccc(S(=O)(=O)Nc2cc(C(C)(C)C)no2)c1Br. The van der Waals surface area contributed by atoms with Crippen molar-refractivity contribution >= 4 is 31.8 Å². The number of sulfonamides is 1. The second-order valence-corrected chi connectivity index (χ2v) is 8.26. The van der Waals surface area contributed by atoms with E-state index in [0.29, 0.717) is 10.2 Å². The van der Waals surface area contributed by atoms with Crippen LogP contribution in [-0.4, -0.2) is 13.6 Å². The van der Waals surface area contributed by atoms with Gasteiger partial charge in [0.25, 0.3) is 10.0 Å². The van der Waals surface area contributed by atoms with Crippen molar-refractivity contribution in [3.63, 3.8) is 0 Å². The van der Waals surface area contributed by atoms with Crippen LogP contribution in [0.4, 0.5) is 5.88 Å². The molecule has 0 aliphatic heterocycles. The Morgan fingerprint density at radius 3 is 2.52 bits per heavy atom. The van der Waals surface area contributed by atoms with Gasteiger partial charge in [0.1, 0.15) is 4.90 Å². The van der Waals surface area contributed by atoms with Crippen molar-refractivity contribution in [2.24, 2.45) is 0 Å². The Kier molecular flexibility index (Phi) is 4.17. The molecule has 2 rings (SSSR count). The highest BCUT2D eigenvalue weighted by Gasteiger charge is 2.23. The Hall–Kier alpha value is -1.34. The van der Waals surface area contributed by atoms with E-state index >= 15 is 0 Å². The number of aromatic nitrogens is 1. The second-order valence-electron chi connectivity index (χ2n) is 5.82. The van der Waals surface area contributed by atoms with Gasteiger partial charge in [0.05, 0.1) is 5.69 Å².